The zero-order chi connectivity index (χ0) is 25.7. The van der Waals surface area contributed by atoms with E-state index in [1.165, 1.54) is 0 Å². The number of fused-ring (bicyclic) bond motifs is 2. The van der Waals surface area contributed by atoms with Gasteiger partial charge in [0.2, 0.25) is 11.8 Å². The number of allylic oxidation sites excluding steroid dienone is 1. The molecule has 10 heteroatoms. The van der Waals surface area contributed by atoms with Crippen LogP contribution in [0.15, 0.2) is 63.4 Å². The van der Waals surface area contributed by atoms with Gasteiger partial charge in [0, 0.05) is 11.4 Å². The fourth-order valence-electron chi connectivity index (χ4n) is 3.99. The molecule has 2 aliphatic rings. The lowest BCUT2D eigenvalue weighted by Crippen LogP contribution is -2.52. The predicted octanol–water partition coefficient (Wildman–Crippen LogP) is 3.16. The average Bonchev–Trinajstić information content (AvgIpc) is 3.38. The Kier molecular flexibility index (Phi) is 8.86. The highest BCUT2D eigenvalue weighted by atomic mass is 32.2. The number of aliphatic hydroxyl groups is 1. The molecule has 8 nitrogen and oxygen atoms in total. The number of thiophene rings is 1. The second-order valence-corrected chi connectivity index (χ2v) is 10.8. The number of thioether (sulfide) groups is 1. The second-order valence-electron chi connectivity index (χ2n) is 8.77. The van der Waals surface area contributed by atoms with E-state index < -0.39 is 18.2 Å². The van der Waals surface area contributed by atoms with Gasteiger partial charge in [-0.1, -0.05) is 36.9 Å². The van der Waals surface area contributed by atoms with Crippen LogP contribution in [0.5, 0.6) is 5.75 Å². The number of nitrogens with two attached hydrogens (primary N) is 1. The number of rotatable bonds is 10. The van der Waals surface area contributed by atoms with Crippen molar-refractivity contribution in [1.82, 2.24) is 16.0 Å². The van der Waals surface area contributed by atoms with Crippen LogP contribution in [0.1, 0.15) is 43.2 Å². The van der Waals surface area contributed by atoms with E-state index in [0.29, 0.717) is 25.1 Å². The van der Waals surface area contributed by atoms with Gasteiger partial charge in [0.15, 0.2) is 0 Å². The molecule has 1 aliphatic heterocycles. The summed E-state index contributed by atoms with van der Waals surface area (Å²) in [6.45, 7) is 4.23. The highest BCUT2D eigenvalue weighted by Gasteiger charge is 2.28. The van der Waals surface area contributed by atoms with Crippen LogP contribution in [-0.2, 0) is 16.1 Å². The van der Waals surface area contributed by atoms with E-state index in [0.717, 1.165) is 26.0 Å². The number of carbonyl (C=O) groups is 2. The Morgan fingerprint density at radius 1 is 1.31 bits per heavy atom. The molecule has 192 valence electrons. The Morgan fingerprint density at radius 3 is 2.86 bits per heavy atom. The first-order chi connectivity index (χ1) is 17.4. The molecule has 0 radical (unpaired) electrons. The molecule has 4 atom stereocenters. The third-order valence-corrected chi connectivity index (χ3v) is 8.37. The monoisotopic (exact) mass is 528 g/mol. The fraction of sp³-hybridized carbons (Fsp3) is 0.385. The Hall–Kier alpha value is -2.63. The minimum Gasteiger partial charge on any atom is -0.455 e. The fourth-order valence-corrected chi connectivity index (χ4v) is 5.91. The molecule has 0 saturated heterocycles. The van der Waals surface area contributed by atoms with Crippen LogP contribution in [0, 0.1) is 5.92 Å². The molecule has 2 amide bonds. The van der Waals surface area contributed by atoms with Crippen molar-refractivity contribution in [2.24, 2.45) is 11.7 Å². The maximum absolute atomic E-state index is 12.8. The number of aliphatic hydroxyl groups excluding tert-OH is 1. The largest absolute Gasteiger partial charge is 0.455 e. The average molecular weight is 529 g/mol. The number of carbonyl (C=O) groups excluding carboxylic acids is 2. The molecule has 3 unspecified atom stereocenters. The summed E-state index contributed by atoms with van der Waals surface area (Å²) >= 11 is 3.19. The van der Waals surface area contributed by atoms with Crippen molar-refractivity contribution in [3.8, 4) is 5.75 Å². The molecule has 1 aromatic carbocycles. The lowest BCUT2D eigenvalue weighted by Gasteiger charge is -2.27. The Balaban J connectivity index is 1.25. The van der Waals surface area contributed by atoms with Crippen LogP contribution >= 0.6 is 23.1 Å². The molecule has 2 heterocycles. The van der Waals surface area contributed by atoms with E-state index in [9.17, 15) is 14.7 Å². The molecule has 0 saturated carbocycles. The zero-order valence-corrected chi connectivity index (χ0v) is 22.0. The molecule has 0 spiro atoms. The van der Waals surface area contributed by atoms with E-state index in [2.05, 4.69) is 16.0 Å². The number of ether oxygens (including phenoxy) is 1. The summed E-state index contributed by atoms with van der Waals surface area (Å²) in [5, 5.41) is 21.1. The standard InChI is InChI=1S/C26H32N4O4S2/c1-3-18(26(33)29-15(2)23-10-16(12-27)14-35-23)30-24(31)13-28-25(32)17-8-9-22-20(11-17)34-19-6-4-5-7-21(19)36-22/h4-7,9-11,14-15,17-18,24,30-31H,3,8,12-13,27H2,1-2H3,(H,28,32)(H,29,33)/t15-,17?,18?,24?/m1/s1. The van der Waals surface area contributed by atoms with Gasteiger partial charge in [-0.2, -0.15) is 0 Å². The molecular formula is C26H32N4O4S2. The normalized spacial score (nSPS) is 18.9. The second kappa shape index (κ2) is 12.1. The van der Waals surface area contributed by atoms with Crippen molar-refractivity contribution >= 4 is 34.9 Å². The van der Waals surface area contributed by atoms with Crippen LogP contribution in [0.4, 0.5) is 0 Å². The van der Waals surface area contributed by atoms with Crippen LogP contribution in [-0.4, -0.2) is 35.7 Å². The summed E-state index contributed by atoms with van der Waals surface area (Å²) in [6, 6.07) is 9.03. The minimum atomic E-state index is -1.07. The van der Waals surface area contributed by atoms with Gasteiger partial charge >= 0.3 is 0 Å². The van der Waals surface area contributed by atoms with Crippen molar-refractivity contribution in [3.05, 3.63) is 69.0 Å². The zero-order valence-electron chi connectivity index (χ0n) is 20.3. The Labute approximate surface area is 219 Å². The molecular weight excluding hydrogens is 496 g/mol. The van der Waals surface area contributed by atoms with E-state index in [4.69, 9.17) is 10.5 Å². The third kappa shape index (κ3) is 6.37. The number of hydrogen-bond acceptors (Lipinski definition) is 8. The van der Waals surface area contributed by atoms with Gasteiger partial charge in [-0.05, 0) is 55.0 Å². The summed E-state index contributed by atoms with van der Waals surface area (Å²) in [7, 11) is 0. The highest BCUT2D eigenvalue weighted by Crippen LogP contribution is 2.45. The van der Waals surface area contributed by atoms with Gasteiger partial charge in [-0.3, -0.25) is 14.9 Å². The van der Waals surface area contributed by atoms with Crippen molar-refractivity contribution < 1.29 is 19.4 Å². The number of benzene rings is 1. The summed E-state index contributed by atoms with van der Waals surface area (Å²) in [6.07, 6.45) is 3.82. The summed E-state index contributed by atoms with van der Waals surface area (Å²) in [4.78, 5) is 28.6. The number of nitrogens with one attached hydrogen (secondary N) is 3. The molecule has 4 rings (SSSR count). The smallest absolute Gasteiger partial charge is 0.237 e. The van der Waals surface area contributed by atoms with Gasteiger partial charge in [0.05, 0.1) is 34.3 Å². The van der Waals surface area contributed by atoms with E-state index >= 15 is 0 Å². The highest BCUT2D eigenvalue weighted by molar-refractivity contribution is 8.03. The SMILES string of the molecule is CCC(NC(O)CNC(=O)C1C=C2Oc3ccccc3SC2=CC1)C(=O)N[C@H](C)c1cc(CN)cs1. The van der Waals surface area contributed by atoms with Crippen LogP contribution in [0.25, 0.3) is 0 Å². The lowest BCUT2D eigenvalue weighted by molar-refractivity contribution is -0.125. The quantitative estimate of drug-likeness (QED) is 0.300. The Bertz CT molecular complexity index is 1160. The van der Waals surface area contributed by atoms with Crippen LogP contribution in [0.3, 0.4) is 0 Å². The van der Waals surface area contributed by atoms with Gasteiger partial charge in [0.25, 0.3) is 0 Å². The first kappa shape index (κ1) is 26.4. The van der Waals surface area contributed by atoms with E-state index in [1.807, 2.05) is 61.7 Å². The summed E-state index contributed by atoms with van der Waals surface area (Å²) in [5.41, 5.74) is 6.70. The first-order valence-corrected chi connectivity index (χ1v) is 13.7. The molecule has 1 aliphatic carbocycles. The topological polar surface area (TPSA) is 126 Å². The van der Waals surface area contributed by atoms with Crippen molar-refractivity contribution in [1.29, 1.82) is 0 Å². The molecule has 1 aromatic heterocycles. The summed E-state index contributed by atoms with van der Waals surface area (Å²) in [5.74, 6) is 0.663. The van der Waals surface area contributed by atoms with Gasteiger partial charge in [-0.15, -0.1) is 11.3 Å². The molecule has 6 N–H and O–H groups in total. The van der Waals surface area contributed by atoms with E-state index in [-0.39, 0.29) is 24.4 Å². The molecule has 2 aromatic rings. The van der Waals surface area contributed by atoms with Crippen molar-refractivity contribution in [2.75, 3.05) is 6.54 Å². The molecule has 0 fully saturated rings. The maximum Gasteiger partial charge on any atom is 0.237 e. The molecule has 36 heavy (non-hydrogen) atoms. The third-order valence-electron chi connectivity index (χ3n) is 6.06. The van der Waals surface area contributed by atoms with Crippen LogP contribution in [0.2, 0.25) is 0 Å². The minimum absolute atomic E-state index is 0.0162. The van der Waals surface area contributed by atoms with Crippen LogP contribution < -0.4 is 26.4 Å². The van der Waals surface area contributed by atoms with E-state index in [1.54, 1.807) is 23.1 Å². The first-order valence-electron chi connectivity index (χ1n) is 12.0. The Morgan fingerprint density at radius 2 is 2.11 bits per heavy atom. The van der Waals surface area contributed by atoms with Gasteiger partial charge < -0.3 is 26.2 Å². The molecule has 0 bridgehead atoms. The van der Waals surface area contributed by atoms with Gasteiger partial charge in [-0.25, -0.2) is 0 Å². The lowest BCUT2D eigenvalue weighted by atomic mass is 9.98. The number of hydrogen-bond donors (Lipinski definition) is 5. The summed E-state index contributed by atoms with van der Waals surface area (Å²) < 4.78 is 5.99. The van der Waals surface area contributed by atoms with Crippen molar-refractivity contribution in [3.63, 3.8) is 0 Å². The predicted molar refractivity (Wildman–Crippen MR) is 142 cm³/mol. The number of para-hydroxylation sites is 1. The maximum atomic E-state index is 12.8. The number of amides is 2. The van der Waals surface area contributed by atoms with Gasteiger partial charge in [0.1, 0.15) is 17.7 Å². The van der Waals surface area contributed by atoms with Crippen molar-refractivity contribution in [2.45, 2.75) is 56.4 Å².